The van der Waals surface area contributed by atoms with E-state index in [1.165, 1.54) is 0 Å². The lowest BCUT2D eigenvalue weighted by Gasteiger charge is -2.10. The minimum Gasteiger partial charge on any atom is -0.508 e. The lowest BCUT2D eigenvalue weighted by atomic mass is 10.0. The van der Waals surface area contributed by atoms with Gasteiger partial charge in [-0.25, -0.2) is 0 Å². The summed E-state index contributed by atoms with van der Waals surface area (Å²) in [5, 5.41) is 9.51. The molecule has 0 aromatic heterocycles. The Hall–Kier alpha value is -1.22. The summed E-state index contributed by atoms with van der Waals surface area (Å²) in [7, 11) is 0. The molecule has 1 aliphatic rings. The Kier molecular flexibility index (Phi) is 1.70. The maximum atomic E-state index is 9.51. The van der Waals surface area contributed by atoms with Gasteiger partial charge in [0, 0.05) is 11.2 Å². The average Bonchev–Trinajstić information content (AvgIpc) is 2.76. The summed E-state index contributed by atoms with van der Waals surface area (Å²) in [6.07, 6.45) is 2.81. The van der Waals surface area contributed by atoms with Crippen molar-refractivity contribution >= 4 is 5.69 Å². The van der Waals surface area contributed by atoms with Gasteiger partial charge in [0.2, 0.25) is 0 Å². The van der Waals surface area contributed by atoms with Gasteiger partial charge in [-0.15, -0.1) is 0 Å². The van der Waals surface area contributed by atoms with Crippen LogP contribution in [0.4, 0.5) is 5.69 Å². The number of phenolic OH excluding ortho intramolecular Hbond substituents is 1. The van der Waals surface area contributed by atoms with Gasteiger partial charge in [0.25, 0.3) is 0 Å². The zero-order chi connectivity index (χ0) is 9.47. The topological polar surface area (TPSA) is 72.3 Å². The van der Waals surface area contributed by atoms with Crippen molar-refractivity contribution in [3.8, 4) is 5.75 Å². The van der Waals surface area contributed by atoms with Gasteiger partial charge in [0.1, 0.15) is 5.75 Å². The number of nitrogens with two attached hydrogens (primary N) is 2. The highest BCUT2D eigenvalue weighted by Gasteiger charge is 2.38. The van der Waals surface area contributed by atoms with Crippen molar-refractivity contribution < 1.29 is 5.11 Å². The van der Waals surface area contributed by atoms with E-state index >= 15 is 0 Å². The number of phenols is 1. The van der Waals surface area contributed by atoms with Gasteiger partial charge < -0.3 is 16.6 Å². The van der Waals surface area contributed by atoms with Crippen LogP contribution in [0.25, 0.3) is 0 Å². The molecule has 0 aliphatic heterocycles. The van der Waals surface area contributed by atoms with E-state index in [9.17, 15) is 5.11 Å². The standard InChI is InChI=1S/C10H14N2O/c11-8-1-2-9(13)7(5-8)6-10(12)3-4-10/h1-2,5,13H,3-4,6,11-12H2. The molecule has 0 atom stereocenters. The molecule has 2 rings (SSSR count). The van der Waals surface area contributed by atoms with E-state index in [2.05, 4.69) is 0 Å². The van der Waals surface area contributed by atoms with E-state index in [1.807, 2.05) is 0 Å². The molecule has 1 aliphatic carbocycles. The maximum absolute atomic E-state index is 9.51. The summed E-state index contributed by atoms with van der Waals surface area (Å²) in [4.78, 5) is 0. The molecule has 0 saturated heterocycles. The molecule has 0 heterocycles. The fraction of sp³-hybridized carbons (Fsp3) is 0.400. The first-order chi connectivity index (χ1) is 6.09. The highest BCUT2D eigenvalue weighted by atomic mass is 16.3. The van der Waals surface area contributed by atoms with Gasteiger partial charge in [-0.05, 0) is 43.0 Å². The summed E-state index contributed by atoms with van der Waals surface area (Å²) in [5.41, 5.74) is 13.0. The molecule has 1 aromatic rings. The second-order valence-corrected chi connectivity index (χ2v) is 3.93. The fourth-order valence-electron chi connectivity index (χ4n) is 1.46. The Bertz CT molecular complexity index is 332. The van der Waals surface area contributed by atoms with E-state index in [4.69, 9.17) is 11.5 Å². The number of aromatic hydroxyl groups is 1. The number of hydrogen-bond donors (Lipinski definition) is 3. The summed E-state index contributed by atoms with van der Waals surface area (Å²) < 4.78 is 0. The molecular formula is C10H14N2O. The van der Waals surface area contributed by atoms with Crippen LogP contribution in [-0.4, -0.2) is 10.6 Å². The van der Waals surface area contributed by atoms with E-state index in [0.29, 0.717) is 11.4 Å². The molecule has 0 amide bonds. The van der Waals surface area contributed by atoms with E-state index in [-0.39, 0.29) is 5.54 Å². The summed E-state index contributed by atoms with van der Waals surface area (Å²) >= 11 is 0. The Balaban J connectivity index is 2.23. The summed E-state index contributed by atoms with van der Waals surface area (Å²) in [5.74, 6) is 0.297. The van der Waals surface area contributed by atoms with E-state index < -0.39 is 0 Å². The molecule has 0 bridgehead atoms. The zero-order valence-corrected chi connectivity index (χ0v) is 7.46. The Labute approximate surface area is 77.4 Å². The number of nitrogen functional groups attached to an aromatic ring is 1. The quantitative estimate of drug-likeness (QED) is 0.467. The molecule has 1 saturated carbocycles. The smallest absolute Gasteiger partial charge is 0.118 e. The maximum Gasteiger partial charge on any atom is 0.118 e. The van der Waals surface area contributed by atoms with Crippen molar-refractivity contribution in [2.24, 2.45) is 5.73 Å². The van der Waals surface area contributed by atoms with Crippen LogP contribution in [0, 0.1) is 0 Å². The molecule has 1 aromatic carbocycles. The van der Waals surface area contributed by atoms with E-state index in [1.54, 1.807) is 18.2 Å². The van der Waals surface area contributed by atoms with Crippen molar-refractivity contribution in [2.45, 2.75) is 24.8 Å². The van der Waals surface area contributed by atoms with Gasteiger partial charge in [0.15, 0.2) is 0 Å². The lowest BCUT2D eigenvalue weighted by Crippen LogP contribution is -2.24. The second kappa shape index (κ2) is 2.64. The number of hydrogen-bond acceptors (Lipinski definition) is 3. The van der Waals surface area contributed by atoms with Gasteiger partial charge in [-0.3, -0.25) is 0 Å². The first kappa shape index (κ1) is 8.38. The van der Waals surface area contributed by atoms with Gasteiger partial charge in [0.05, 0.1) is 0 Å². The van der Waals surface area contributed by atoms with Crippen molar-refractivity contribution in [1.29, 1.82) is 0 Å². The third-order valence-corrected chi connectivity index (χ3v) is 2.54. The molecule has 0 spiro atoms. The molecule has 5 N–H and O–H groups in total. The Morgan fingerprint density at radius 1 is 1.38 bits per heavy atom. The third kappa shape index (κ3) is 1.75. The minimum absolute atomic E-state index is 0.0781. The van der Waals surface area contributed by atoms with Crippen molar-refractivity contribution in [3.05, 3.63) is 23.8 Å². The highest BCUT2D eigenvalue weighted by molar-refractivity contribution is 5.48. The van der Waals surface area contributed by atoms with Crippen LogP contribution >= 0.6 is 0 Å². The summed E-state index contributed by atoms with van der Waals surface area (Å²) in [6.45, 7) is 0. The molecule has 70 valence electrons. The minimum atomic E-state index is -0.0781. The summed E-state index contributed by atoms with van der Waals surface area (Å²) in [6, 6.07) is 5.10. The van der Waals surface area contributed by atoms with Crippen LogP contribution in [0.5, 0.6) is 5.75 Å². The van der Waals surface area contributed by atoms with Crippen molar-refractivity contribution in [3.63, 3.8) is 0 Å². The first-order valence-corrected chi connectivity index (χ1v) is 4.45. The van der Waals surface area contributed by atoms with Crippen molar-refractivity contribution in [1.82, 2.24) is 0 Å². The van der Waals surface area contributed by atoms with Gasteiger partial charge in [-0.1, -0.05) is 0 Å². The predicted molar refractivity (Wildman–Crippen MR) is 52.4 cm³/mol. The highest BCUT2D eigenvalue weighted by Crippen LogP contribution is 2.37. The van der Waals surface area contributed by atoms with Crippen LogP contribution < -0.4 is 11.5 Å². The van der Waals surface area contributed by atoms with Crippen LogP contribution in [0.15, 0.2) is 18.2 Å². The fourth-order valence-corrected chi connectivity index (χ4v) is 1.46. The second-order valence-electron chi connectivity index (χ2n) is 3.93. The molecule has 3 heteroatoms. The number of rotatable bonds is 2. The van der Waals surface area contributed by atoms with Gasteiger partial charge in [-0.2, -0.15) is 0 Å². The Morgan fingerprint density at radius 2 is 2.08 bits per heavy atom. The molecule has 3 nitrogen and oxygen atoms in total. The molecular weight excluding hydrogens is 164 g/mol. The molecule has 0 radical (unpaired) electrons. The Morgan fingerprint density at radius 3 is 2.69 bits per heavy atom. The van der Waals surface area contributed by atoms with E-state index in [0.717, 1.165) is 24.8 Å². The largest absolute Gasteiger partial charge is 0.508 e. The number of benzene rings is 1. The average molecular weight is 178 g/mol. The monoisotopic (exact) mass is 178 g/mol. The first-order valence-electron chi connectivity index (χ1n) is 4.45. The molecule has 0 unspecified atom stereocenters. The van der Waals surface area contributed by atoms with Crippen molar-refractivity contribution in [2.75, 3.05) is 5.73 Å². The van der Waals surface area contributed by atoms with Crippen LogP contribution in [-0.2, 0) is 6.42 Å². The van der Waals surface area contributed by atoms with Crippen LogP contribution in [0.3, 0.4) is 0 Å². The molecule has 1 fully saturated rings. The number of anilines is 1. The predicted octanol–water partition coefficient (Wildman–Crippen LogP) is 1.01. The SMILES string of the molecule is Nc1ccc(O)c(CC2(N)CC2)c1. The van der Waals surface area contributed by atoms with Crippen LogP contribution in [0.2, 0.25) is 0 Å². The van der Waals surface area contributed by atoms with Gasteiger partial charge >= 0.3 is 0 Å². The zero-order valence-electron chi connectivity index (χ0n) is 7.46. The third-order valence-electron chi connectivity index (χ3n) is 2.54. The molecule has 13 heavy (non-hydrogen) atoms. The normalized spacial score (nSPS) is 18.5. The lowest BCUT2D eigenvalue weighted by molar-refractivity contribution is 0.464. The van der Waals surface area contributed by atoms with Crippen LogP contribution in [0.1, 0.15) is 18.4 Å².